The Morgan fingerprint density at radius 3 is 2.05 bits per heavy atom. The lowest BCUT2D eigenvalue weighted by molar-refractivity contribution is 0.0499. The number of rotatable bonds is 2. The Hall–Kier alpha value is -0.480. The highest BCUT2D eigenvalue weighted by molar-refractivity contribution is 9.10. The van der Waals surface area contributed by atoms with Crippen molar-refractivity contribution in [3.05, 3.63) is 33.8 Å². The van der Waals surface area contributed by atoms with E-state index < -0.39 is 17.7 Å². The summed E-state index contributed by atoms with van der Waals surface area (Å²) in [5.74, 6) is -0.436. The Morgan fingerprint density at radius 2 is 1.58 bits per heavy atom. The van der Waals surface area contributed by atoms with Gasteiger partial charge in [-0.25, -0.2) is 8.78 Å². The molecule has 19 heavy (non-hydrogen) atoms. The van der Waals surface area contributed by atoms with Gasteiger partial charge in [0.25, 0.3) is 0 Å². The molecule has 0 aromatic heterocycles. The van der Waals surface area contributed by atoms with Gasteiger partial charge in [0.1, 0.15) is 11.6 Å². The van der Waals surface area contributed by atoms with E-state index in [2.05, 4.69) is 29.8 Å². The van der Waals surface area contributed by atoms with Crippen LogP contribution in [0.5, 0.6) is 0 Å². The zero-order chi connectivity index (χ0) is 14.2. The van der Waals surface area contributed by atoms with Crippen LogP contribution in [0.15, 0.2) is 16.6 Å². The van der Waals surface area contributed by atoms with Crippen LogP contribution >= 0.6 is 15.9 Å². The Kier molecular flexibility index (Phi) is 4.62. The second-order valence-electron chi connectivity index (χ2n) is 5.91. The van der Waals surface area contributed by atoms with E-state index in [0.29, 0.717) is 16.3 Å². The fourth-order valence-corrected chi connectivity index (χ4v) is 3.74. The predicted molar refractivity (Wildman–Crippen MR) is 74.7 cm³/mol. The van der Waals surface area contributed by atoms with Crippen LogP contribution in [0, 0.1) is 29.4 Å². The summed E-state index contributed by atoms with van der Waals surface area (Å²) in [5.41, 5.74) is -0.186. The molecule has 0 spiro atoms. The van der Waals surface area contributed by atoms with Gasteiger partial charge in [-0.2, -0.15) is 0 Å². The lowest BCUT2D eigenvalue weighted by Crippen LogP contribution is -2.25. The summed E-state index contributed by atoms with van der Waals surface area (Å²) in [4.78, 5) is 0. The van der Waals surface area contributed by atoms with Crippen molar-refractivity contribution in [3.8, 4) is 0 Å². The van der Waals surface area contributed by atoms with Crippen molar-refractivity contribution in [1.29, 1.82) is 0 Å². The number of aliphatic hydroxyl groups excluding tert-OH is 1. The molecule has 1 aromatic rings. The first-order valence-electron chi connectivity index (χ1n) is 6.71. The van der Waals surface area contributed by atoms with Crippen LogP contribution in [-0.2, 0) is 0 Å². The van der Waals surface area contributed by atoms with E-state index in [4.69, 9.17) is 0 Å². The van der Waals surface area contributed by atoms with Gasteiger partial charge in [0.05, 0.1) is 11.7 Å². The van der Waals surface area contributed by atoms with E-state index in [-0.39, 0.29) is 11.5 Å². The summed E-state index contributed by atoms with van der Waals surface area (Å²) in [7, 11) is 0. The monoisotopic (exact) mass is 332 g/mol. The maximum absolute atomic E-state index is 13.9. The summed E-state index contributed by atoms with van der Waals surface area (Å²) >= 11 is 3.05. The standard InChI is InChI=1S/C15H19BrF2O/c1-8-3-9(2)5-10(4-8)15(19)14-12(17)6-11(16)7-13(14)18/h6-10,15,19H,3-5H2,1-2H3. The number of benzene rings is 1. The minimum absolute atomic E-state index is 0.0658. The highest BCUT2D eigenvalue weighted by Gasteiger charge is 2.32. The molecule has 1 aromatic carbocycles. The molecular formula is C15H19BrF2O. The average Bonchev–Trinajstić information content (AvgIpc) is 2.25. The summed E-state index contributed by atoms with van der Waals surface area (Å²) in [5, 5.41) is 10.3. The van der Waals surface area contributed by atoms with Crippen molar-refractivity contribution in [2.75, 3.05) is 0 Å². The molecule has 2 rings (SSSR count). The second kappa shape index (κ2) is 5.88. The molecule has 106 valence electrons. The fourth-order valence-electron chi connectivity index (χ4n) is 3.34. The molecule has 1 saturated carbocycles. The molecule has 0 radical (unpaired) electrons. The molecule has 1 fully saturated rings. The molecule has 1 aliphatic carbocycles. The molecule has 0 saturated heterocycles. The fraction of sp³-hybridized carbons (Fsp3) is 0.600. The van der Waals surface area contributed by atoms with Crippen LogP contribution in [-0.4, -0.2) is 5.11 Å². The topological polar surface area (TPSA) is 20.2 Å². The molecule has 1 N–H and O–H groups in total. The minimum atomic E-state index is -1.06. The van der Waals surface area contributed by atoms with Gasteiger partial charge < -0.3 is 5.11 Å². The lowest BCUT2D eigenvalue weighted by Gasteiger charge is -2.34. The van der Waals surface area contributed by atoms with Crippen LogP contribution < -0.4 is 0 Å². The van der Waals surface area contributed by atoms with Crippen molar-refractivity contribution < 1.29 is 13.9 Å². The second-order valence-corrected chi connectivity index (χ2v) is 6.82. The Morgan fingerprint density at radius 1 is 1.11 bits per heavy atom. The summed E-state index contributed by atoms with van der Waals surface area (Å²) in [6, 6.07) is 2.41. The van der Waals surface area contributed by atoms with Gasteiger partial charge in [-0.15, -0.1) is 0 Å². The first-order chi connectivity index (χ1) is 8.88. The van der Waals surface area contributed by atoms with E-state index in [9.17, 15) is 13.9 Å². The Labute approximate surface area is 121 Å². The van der Waals surface area contributed by atoms with Crippen LogP contribution in [0.4, 0.5) is 8.78 Å². The molecule has 3 atom stereocenters. The van der Waals surface area contributed by atoms with Crippen molar-refractivity contribution in [2.45, 2.75) is 39.2 Å². The van der Waals surface area contributed by atoms with Crippen molar-refractivity contribution >= 4 is 15.9 Å². The van der Waals surface area contributed by atoms with Crippen LogP contribution in [0.2, 0.25) is 0 Å². The Balaban J connectivity index is 2.26. The highest BCUT2D eigenvalue weighted by atomic mass is 79.9. The first kappa shape index (κ1) is 14.9. The zero-order valence-corrected chi connectivity index (χ0v) is 12.8. The van der Waals surface area contributed by atoms with E-state index >= 15 is 0 Å². The molecule has 1 aliphatic rings. The molecule has 0 aliphatic heterocycles. The normalized spacial score (nSPS) is 29.3. The number of halogens is 3. The van der Waals surface area contributed by atoms with E-state index in [1.54, 1.807) is 0 Å². The molecule has 4 heteroatoms. The number of hydrogen-bond acceptors (Lipinski definition) is 1. The van der Waals surface area contributed by atoms with E-state index in [0.717, 1.165) is 19.3 Å². The molecule has 0 bridgehead atoms. The third-order valence-electron chi connectivity index (χ3n) is 4.00. The molecule has 0 heterocycles. The van der Waals surface area contributed by atoms with Gasteiger partial charge in [-0.1, -0.05) is 29.8 Å². The quantitative estimate of drug-likeness (QED) is 0.822. The smallest absolute Gasteiger partial charge is 0.133 e. The summed E-state index contributed by atoms with van der Waals surface area (Å²) < 4.78 is 28.1. The SMILES string of the molecule is CC1CC(C)CC(C(O)c2c(F)cc(Br)cc2F)C1. The largest absolute Gasteiger partial charge is 0.388 e. The Bertz CT molecular complexity index is 430. The highest BCUT2D eigenvalue weighted by Crippen LogP contribution is 2.41. The van der Waals surface area contributed by atoms with Gasteiger partial charge in [-0.3, -0.25) is 0 Å². The first-order valence-corrected chi connectivity index (χ1v) is 7.50. The maximum Gasteiger partial charge on any atom is 0.133 e. The molecule has 3 unspecified atom stereocenters. The van der Waals surface area contributed by atoms with Gasteiger partial charge in [0.15, 0.2) is 0 Å². The zero-order valence-electron chi connectivity index (χ0n) is 11.2. The van der Waals surface area contributed by atoms with Crippen molar-refractivity contribution in [1.82, 2.24) is 0 Å². The van der Waals surface area contributed by atoms with Crippen LogP contribution in [0.1, 0.15) is 44.8 Å². The average molecular weight is 333 g/mol. The van der Waals surface area contributed by atoms with Gasteiger partial charge >= 0.3 is 0 Å². The van der Waals surface area contributed by atoms with Crippen molar-refractivity contribution in [3.63, 3.8) is 0 Å². The predicted octanol–water partition coefficient (Wildman–Crippen LogP) is 4.83. The van der Waals surface area contributed by atoms with E-state index in [1.165, 1.54) is 12.1 Å². The number of hydrogen-bond donors (Lipinski definition) is 1. The summed E-state index contributed by atoms with van der Waals surface area (Å²) in [6.45, 7) is 4.26. The minimum Gasteiger partial charge on any atom is -0.388 e. The van der Waals surface area contributed by atoms with Crippen LogP contribution in [0.3, 0.4) is 0 Å². The third-order valence-corrected chi connectivity index (χ3v) is 4.46. The third kappa shape index (κ3) is 3.34. The van der Waals surface area contributed by atoms with Gasteiger partial charge in [0, 0.05) is 4.47 Å². The molecule has 1 nitrogen and oxygen atoms in total. The van der Waals surface area contributed by atoms with Crippen LogP contribution in [0.25, 0.3) is 0 Å². The molecule has 0 amide bonds. The van der Waals surface area contributed by atoms with Gasteiger partial charge in [0.2, 0.25) is 0 Å². The van der Waals surface area contributed by atoms with Crippen molar-refractivity contribution in [2.24, 2.45) is 17.8 Å². The maximum atomic E-state index is 13.9. The number of aliphatic hydroxyl groups is 1. The van der Waals surface area contributed by atoms with Gasteiger partial charge in [-0.05, 0) is 49.1 Å². The lowest BCUT2D eigenvalue weighted by atomic mass is 9.73. The molecular weight excluding hydrogens is 314 g/mol. The summed E-state index contributed by atoms with van der Waals surface area (Å²) in [6.07, 6.45) is 1.70. The van der Waals surface area contributed by atoms with E-state index in [1.807, 2.05) is 0 Å².